The topological polar surface area (TPSA) is 57.0 Å². The molecular formula is C17H18FN3O2. The third kappa shape index (κ3) is 2.42. The molecule has 0 N–H and O–H groups in total. The highest BCUT2D eigenvalue weighted by Gasteiger charge is 2.49. The number of benzene rings is 1. The lowest BCUT2D eigenvalue weighted by Crippen LogP contribution is -2.09. The summed E-state index contributed by atoms with van der Waals surface area (Å²) in [6.07, 6.45) is -0.0536. The maximum absolute atomic E-state index is 14.3. The van der Waals surface area contributed by atoms with E-state index in [1.165, 1.54) is 0 Å². The Balaban J connectivity index is 1.58. The molecule has 0 radical (unpaired) electrons. The third-order valence-electron chi connectivity index (χ3n) is 4.58. The second-order valence-corrected chi connectivity index (χ2v) is 6.10. The summed E-state index contributed by atoms with van der Waals surface area (Å²) < 4.78 is 21.0. The van der Waals surface area contributed by atoms with Gasteiger partial charge in [-0.1, -0.05) is 30.3 Å². The lowest BCUT2D eigenvalue weighted by atomic mass is 10.0. The van der Waals surface area contributed by atoms with Gasteiger partial charge in [-0.2, -0.15) is 5.10 Å². The fourth-order valence-corrected chi connectivity index (χ4v) is 3.30. The van der Waals surface area contributed by atoms with Crippen LogP contribution in [0.2, 0.25) is 0 Å². The standard InChI is InChI=1S/C17H18FN3O2/c1-2-23-17(22)12-8-11(12)15-19-16-13(18)9-14(21(16)20-15)10-6-4-3-5-7-10/h3-7,11-14H,2,8-9H2,1H3. The average molecular weight is 315 g/mol. The predicted octanol–water partition coefficient (Wildman–Crippen LogP) is 2.95. The maximum atomic E-state index is 14.3. The van der Waals surface area contributed by atoms with Crippen LogP contribution in [0.5, 0.6) is 0 Å². The van der Waals surface area contributed by atoms with Crippen molar-refractivity contribution in [2.24, 2.45) is 5.92 Å². The molecule has 2 heterocycles. The van der Waals surface area contributed by atoms with E-state index in [1.807, 2.05) is 30.3 Å². The van der Waals surface area contributed by atoms with E-state index in [0.717, 1.165) is 5.56 Å². The number of carbonyl (C=O) groups excluding carboxylic acids is 1. The van der Waals surface area contributed by atoms with Crippen molar-refractivity contribution < 1.29 is 13.9 Å². The molecule has 4 unspecified atom stereocenters. The molecule has 23 heavy (non-hydrogen) atoms. The highest BCUT2D eigenvalue weighted by Crippen LogP contribution is 2.48. The van der Waals surface area contributed by atoms with Crippen molar-refractivity contribution >= 4 is 5.97 Å². The van der Waals surface area contributed by atoms with Crippen LogP contribution in [-0.2, 0) is 9.53 Å². The molecule has 1 aromatic heterocycles. The fraction of sp³-hybridized carbons (Fsp3) is 0.471. The normalized spacial score (nSPS) is 28.4. The van der Waals surface area contributed by atoms with Gasteiger partial charge in [-0.25, -0.2) is 14.1 Å². The van der Waals surface area contributed by atoms with Crippen LogP contribution in [0.4, 0.5) is 4.39 Å². The summed E-state index contributed by atoms with van der Waals surface area (Å²) in [7, 11) is 0. The van der Waals surface area contributed by atoms with E-state index in [4.69, 9.17) is 4.74 Å². The minimum absolute atomic E-state index is 0.0317. The van der Waals surface area contributed by atoms with E-state index >= 15 is 0 Å². The Morgan fingerprint density at radius 3 is 2.87 bits per heavy atom. The van der Waals surface area contributed by atoms with Crippen molar-refractivity contribution in [3.8, 4) is 0 Å². The number of rotatable bonds is 4. The van der Waals surface area contributed by atoms with Gasteiger partial charge in [0.25, 0.3) is 0 Å². The first kappa shape index (κ1) is 14.4. The van der Waals surface area contributed by atoms with Gasteiger partial charge >= 0.3 is 5.97 Å². The quantitative estimate of drug-likeness (QED) is 0.814. The molecule has 0 bridgehead atoms. The van der Waals surface area contributed by atoms with E-state index in [1.54, 1.807) is 11.6 Å². The summed E-state index contributed by atoms with van der Waals surface area (Å²) >= 11 is 0. The van der Waals surface area contributed by atoms with Crippen LogP contribution in [0.15, 0.2) is 30.3 Å². The molecule has 1 aliphatic carbocycles. The number of ether oxygens (including phenoxy) is 1. The van der Waals surface area contributed by atoms with E-state index in [-0.39, 0.29) is 23.8 Å². The predicted molar refractivity (Wildman–Crippen MR) is 80.6 cm³/mol. The summed E-state index contributed by atoms with van der Waals surface area (Å²) in [5.74, 6) is 0.538. The van der Waals surface area contributed by atoms with Gasteiger partial charge in [0, 0.05) is 12.3 Å². The summed E-state index contributed by atoms with van der Waals surface area (Å²) in [4.78, 5) is 16.1. The first-order valence-electron chi connectivity index (χ1n) is 8.01. The van der Waals surface area contributed by atoms with E-state index in [2.05, 4.69) is 10.1 Å². The molecule has 2 aromatic rings. The van der Waals surface area contributed by atoms with Crippen molar-refractivity contribution in [3.05, 3.63) is 47.5 Å². The number of carbonyl (C=O) groups is 1. The van der Waals surface area contributed by atoms with Crippen LogP contribution in [-0.4, -0.2) is 27.3 Å². The molecule has 0 spiro atoms. The first-order chi connectivity index (χ1) is 11.2. The maximum Gasteiger partial charge on any atom is 0.309 e. The van der Waals surface area contributed by atoms with E-state index in [0.29, 0.717) is 31.1 Å². The number of aromatic nitrogens is 3. The van der Waals surface area contributed by atoms with Gasteiger partial charge in [0.1, 0.15) is 0 Å². The van der Waals surface area contributed by atoms with Crippen LogP contribution < -0.4 is 0 Å². The number of esters is 1. The number of hydrogen-bond acceptors (Lipinski definition) is 4. The van der Waals surface area contributed by atoms with Crippen molar-refractivity contribution in [1.82, 2.24) is 14.8 Å². The largest absolute Gasteiger partial charge is 0.466 e. The van der Waals surface area contributed by atoms with Crippen LogP contribution in [0.25, 0.3) is 0 Å². The summed E-state index contributed by atoms with van der Waals surface area (Å²) in [6.45, 7) is 2.16. The van der Waals surface area contributed by atoms with Crippen molar-refractivity contribution in [2.75, 3.05) is 6.61 Å². The molecule has 1 fully saturated rings. The Kier molecular flexibility index (Phi) is 3.39. The monoisotopic (exact) mass is 315 g/mol. The minimum Gasteiger partial charge on any atom is -0.466 e. The number of halogens is 1. The first-order valence-corrected chi connectivity index (χ1v) is 8.01. The van der Waals surface area contributed by atoms with Crippen LogP contribution in [0.1, 0.15) is 55.1 Å². The van der Waals surface area contributed by atoms with Gasteiger partial charge in [0.2, 0.25) is 0 Å². The molecular weight excluding hydrogens is 297 g/mol. The van der Waals surface area contributed by atoms with Gasteiger partial charge in [0.15, 0.2) is 17.8 Å². The molecule has 4 atom stereocenters. The number of alkyl halides is 1. The third-order valence-corrected chi connectivity index (χ3v) is 4.58. The lowest BCUT2D eigenvalue weighted by molar-refractivity contribution is -0.144. The Bertz CT molecular complexity index is 731. The number of hydrogen-bond donors (Lipinski definition) is 0. The molecule has 0 amide bonds. The van der Waals surface area contributed by atoms with E-state index < -0.39 is 6.17 Å². The molecule has 6 heteroatoms. The Labute approximate surface area is 133 Å². The summed E-state index contributed by atoms with van der Waals surface area (Å²) in [5.41, 5.74) is 1.03. The molecule has 1 aromatic carbocycles. The summed E-state index contributed by atoms with van der Waals surface area (Å²) in [6, 6.07) is 9.65. The zero-order valence-electron chi connectivity index (χ0n) is 12.9. The highest BCUT2D eigenvalue weighted by molar-refractivity contribution is 5.77. The van der Waals surface area contributed by atoms with Gasteiger partial charge in [0.05, 0.1) is 18.6 Å². The molecule has 120 valence electrons. The van der Waals surface area contributed by atoms with E-state index in [9.17, 15) is 9.18 Å². The van der Waals surface area contributed by atoms with Gasteiger partial charge < -0.3 is 4.74 Å². The molecule has 1 aliphatic heterocycles. The lowest BCUT2D eigenvalue weighted by Gasteiger charge is -2.11. The molecule has 4 rings (SSSR count). The Hall–Kier alpha value is -2.24. The van der Waals surface area contributed by atoms with Gasteiger partial charge in [-0.3, -0.25) is 4.79 Å². The number of fused-ring (bicyclic) bond motifs is 1. The number of nitrogens with zero attached hydrogens (tertiary/aromatic N) is 3. The fourth-order valence-electron chi connectivity index (χ4n) is 3.30. The van der Waals surface area contributed by atoms with Crippen LogP contribution in [0.3, 0.4) is 0 Å². The summed E-state index contributed by atoms with van der Waals surface area (Å²) in [5, 5.41) is 4.51. The zero-order chi connectivity index (χ0) is 16.0. The zero-order valence-corrected chi connectivity index (χ0v) is 12.9. The Morgan fingerprint density at radius 1 is 1.35 bits per heavy atom. The molecule has 1 saturated carbocycles. The van der Waals surface area contributed by atoms with Gasteiger partial charge in [-0.05, 0) is 18.9 Å². The van der Waals surface area contributed by atoms with Crippen LogP contribution >= 0.6 is 0 Å². The highest BCUT2D eigenvalue weighted by atomic mass is 19.1. The second kappa shape index (κ2) is 5.44. The SMILES string of the molecule is CCOC(=O)C1CC1c1nc2n(n1)C(c1ccccc1)CC2F. The molecule has 0 saturated heterocycles. The smallest absolute Gasteiger partial charge is 0.309 e. The average Bonchev–Trinajstić information content (AvgIpc) is 3.15. The Morgan fingerprint density at radius 2 is 2.13 bits per heavy atom. The second-order valence-electron chi connectivity index (χ2n) is 6.10. The van der Waals surface area contributed by atoms with Crippen LogP contribution in [0, 0.1) is 5.92 Å². The van der Waals surface area contributed by atoms with Crippen molar-refractivity contribution in [1.29, 1.82) is 0 Å². The molecule has 5 nitrogen and oxygen atoms in total. The minimum atomic E-state index is -1.11. The van der Waals surface area contributed by atoms with Crippen molar-refractivity contribution in [2.45, 2.75) is 37.9 Å². The van der Waals surface area contributed by atoms with Gasteiger partial charge in [-0.15, -0.1) is 0 Å². The molecule has 2 aliphatic rings. The van der Waals surface area contributed by atoms with Crippen molar-refractivity contribution in [3.63, 3.8) is 0 Å².